The van der Waals surface area contributed by atoms with Gasteiger partial charge in [0.2, 0.25) is 0 Å². The van der Waals surface area contributed by atoms with E-state index in [1.54, 1.807) is 6.20 Å². The summed E-state index contributed by atoms with van der Waals surface area (Å²) in [7, 11) is -2.33. The summed E-state index contributed by atoms with van der Waals surface area (Å²) < 4.78 is 22.3. The highest BCUT2D eigenvalue weighted by molar-refractivity contribution is 7.40. The zero-order chi connectivity index (χ0) is 19.1. The summed E-state index contributed by atoms with van der Waals surface area (Å²) >= 11 is 0. The molecule has 0 saturated heterocycles. The molecule has 1 amide bonds. The van der Waals surface area contributed by atoms with Crippen molar-refractivity contribution in [2.24, 2.45) is 0 Å². The van der Waals surface area contributed by atoms with Crippen molar-refractivity contribution in [2.75, 3.05) is 6.79 Å². The Bertz CT molecular complexity index is 913. The molecule has 0 saturated carbocycles. The molecule has 0 aliphatic rings. The van der Waals surface area contributed by atoms with Crippen molar-refractivity contribution in [3.05, 3.63) is 71.9 Å². The number of hydrogen-bond acceptors (Lipinski definition) is 5. The molecule has 1 heterocycles. The quantitative estimate of drug-likeness (QED) is 0.404. The minimum absolute atomic E-state index is 0.101. The van der Waals surface area contributed by atoms with Crippen LogP contribution in [0.25, 0.3) is 10.9 Å². The molecule has 0 radical (unpaired) electrons. The molecule has 0 aliphatic heterocycles. The van der Waals surface area contributed by atoms with Crippen LogP contribution in [-0.4, -0.2) is 28.8 Å². The number of amides is 1. The highest BCUT2D eigenvalue weighted by Crippen LogP contribution is 2.31. The van der Waals surface area contributed by atoms with Gasteiger partial charge in [0.05, 0.1) is 0 Å². The lowest BCUT2D eigenvalue weighted by atomic mass is 10.1. The number of aromatic nitrogens is 1. The largest absolute Gasteiger partial charge is 0.536 e. The molecule has 0 aliphatic carbocycles. The smallest absolute Gasteiger partial charge is 0.445 e. The predicted octanol–water partition coefficient (Wildman–Crippen LogP) is 3.67. The molecule has 2 aromatic carbocycles. The summed E-state index contributed by atoms with van der Waals surface area (Å²) in [5.74, 6) is -0.838. The van der Waals surface area contributed by atoms with Gasteiger partial charge in [-0.25, -0.2) is 4.79 Å². The van der Waals surface area contributed by atoms with Gasteiger partial charge in [0, 0.05) is 23.5 Å². The summed E-state index contributed by atoms with van der Waals surface area (Å²) in [5, 5.41) is 12.5. The van der Waals surface area contributed by atoms with Crippen LogP contribution in [0.5, 0.6) is 0 Å². The number of nitrogens with one attached hydrogen (secondary N) is 2. The molecule has 2 atom stereocenters. The van der Waals surface area contributed by atoms with Crippen LogP contribution >= 0.6 is 8.03 Å². The van der Waals surface area contributed by atoms with Crippen molar-refractivity contribution in [3.63, 3.8) is 0 Å². The van der Waals surface area contributed by atoms with Gasteiger partial charge in [-0.3, -0.25) is 5.32 Å². The van der Waals surface area contributed by atoms with E-state index in [9.17, 15) is 9.36 Å². The molecule has 7 nitrogen and oxygen atoms in total. The number of ether oxygens (including phenoxy) is 1. The summed E-state index contributed by atoms with van der Waals surface area (Å²) in [6, 6.07) is 16.9. The second-order valence-electron chi connectivity index (χ2n) is 5.83. The van der Waals surface area contributed by atoms with E-state index >= 15 is 0 Å². The fourth-order valence-electron chi connectivity index (χ4n) is 2.73. The number of aliphatic hydroxyl groups excluding tert-OH is 1. The molecular formula is C19H20N2O5P+. The van der Waals surface area contributed by atoms with E-state index in [0.29, 0.717) is 0 Å². The van der Waals surface area contributed by atoms with Crippen LogP contribution in [0.2, 0.25) is 0 Å². The zero-order valence-electron chi connectivity index (χ0n) is 14.5. The normalized spacial score (nSPS) is 12.6. The first kappa shape index (κ1) is 19.0. The van der Waals surface area contributed by atoms with Gasteiger partial charge in [0.15, 0.2) is 6.79 Å². The minimum atomic E-state index is -2.33. The maximum atomic E-state index is 12.3. The molecule has 2 unspecified atom stereocenters. The number of aliphatic hydroxyl groups is 1. The molecule has 3 aromatic rings. The summed E-state index contributed by atoms with van der Waals surface area (Å²) in [4.78, 5) is 15.3. The fourth-order valence-corrected chi connectivity index (χ4v) is 3.59. The summed E-state index contributed by atoms with van der Waals surface area (Å²) in [5.41, 5.74) is 2.66. The average Bonchev–Trinajstić information content (AvgIpc) is 3.10. The standard InChI is InChI=1S/C19H19N2O5P/c22-13-26-27(24)18(10-15-11-20-17-9-5-4-8-16(15)17)21-19(23)25-12-14-6-2-1-3-7-14/h1-9,11,18,20,22H,10,12-13H2/p+1. The van der Waals surface area contributed by atoms with Crippen LogP contribution in [0.15, 0.2) is 60.8 Å². The molecule has 3 rings (SSSR count). The van der Waals surface area contributed by atoms with E-state index in [1.807, 2.05) is 54.6 Å². The van der Waals surface area contributed by atoms with E-state index in [1.165, 1.54) is 0 Å². The van der Waals surface area contributed by atoms with E-state index in [4.69, 9.17) is 14.4 Å². The summed E-state index contributed by atoms with van der Waals surface area (Å²) in [6.07, 6.45) is 1.37. The highest BCUT2D eigenvalue weighted by Gasteiger charge is 2.35. The lowest BCUT2D eigenvalue weighted by Gasteiger charge is -2.10. The summed E-state index contributed by atoms with van der Waals surface area (Å²) in [6.45, 7) is -0.593. The van der Waals surface area contributed by atoms with Crippen molar-refractivity contribution in [2.45, 2.75) is 18.8 Å². The topological polar surface area (TPSA) is 101 Å². The number of aromatic amines is 1. The Morgan fingerprint density at radius 2 is 1.89 bits per heavy atom. The molecule has 0 bridgehead atoms. The second-order valence-corrected chi connectivity index (χ2v) is 7.28. The number of hydrogen-bond donors (Lipinski definition) is 3. The van der Waals surface area contributed by atoms with Crippen LogP contribution in [0.3, 0.4) is 0 Å². The Balaban J connectivity index is 1.67. The van der Waals surface area contributed by atoms with Crippen LogP contribution < -0.4 is 5.32 Å². The van der Waals surface area contributed by atoms with Crippen LogP contribution in [0.4, 0.5) is 4.79 Å². The Hall–Kier alpha value is -2.73. The maximum Gasteiger partial charge on any atom is 0.536 e. The average molecular weight is 387 g/mol. The SMILES string of the molecule is O=C(NC(Cc1c[nH]c2ccccc12)[P+](=O)OCO)OCc1ccccc1. The number of carbonyl (C=O) groups excluding carboxylic acids is 1. The van der Waals surface area contributed by atoms with Gasteiger partial charge in [-0.05, 0) is 21.8 Å². The van der Waals surface area contributed by atoms with Gasteiger partial charge in [0.25, 0.3) is 5.78 Å². The molecule has 3 N–H and O–H groups in total. The first-order chi connectivity index (χ1) is 13.2. The number of para-hydroxylation sites is 1. The Labute approximate surface area is 157 Å². The predicted molar refractivity (Wildman–Crippen MR) is 101 cm³/mol. The van der Waals surface area contributed by atoms with Crippen molar-refractivity contribution in [1.82, 2.24) is 10.3 Å². The van der Waals surface area contributed by atoms with Crippen molar-refractivity contribution in [3.8, 4) is 0 Å². The Morgan fingerprint density at radius 1 is 1.15 bits per heavy atom. The number of alkyl carbamates (subject to hydrolysis) is 1. The first-order valence-electron chi connectivity index (χ1n) is 8.39. The van der Waals surface area contributed by atoms with Crippen molar-refractivity contribution >= 4 is 25.0 Å². The molecular weight excluding hydrogens is 367 g/mol. The third kappa shape index (κ3) is 5.14. The lowest BCUT2D eigenvalue weighted by molar-refractivity contribution is 0.103. The van der Waals surface area contributed by atoms with Gasteiger partial charge in [-0.15, -0.1) is 4.52 Å². The van der Waals surface area contributed by atoms with Gasteiger partial charge < -0.3 is 14.8 Å². The lowest BCUT2D eigenvalue weighted by Crippen LogP contribution is -2.34. The van der Waals surface area contributed by atoms with E-state index < -0.39 is 26.7 Å². The molecule has 8 heteroatoms. The van der Waals surface area contributed by atoms with Gasteiger partial charge >= 0.3 is 14.1 Å². The van der Waals surface area contributed by atoms with E-state index in [0.717, 1.165) is 22.0 Å². The van der Waals surface area contributed by atoms with Crippen LogP contribution in [0, 0.1) is 0 Å². The van der Waals surface area contributed by atoms with Crippen molar-refractivity contribution in [1.29, 1.82) is 0 Å². The minimum Gasteiger partial charge on any atom is -0.445 e. The maximum absolute atomic E-state index is 12.3. The Kier molecular flexibility index (Phi) is 6.54. The van der Waals surface area contributed by atoms with Gasteiger partial charge in [-0.2, -0.15) is 0 Å². The number of rotatable bonds is 8. The molecule has 27 heavy (non-hydrogen) atoms. The van der Waals surface area contributed by atoms with E-state index in [-0.39, 0.29) is 13.0 Å². The van der Waals surface area contributed by atoms with Gasteiger partial charge in [-0.1, -0.05) is 48.5 Å². The number of carbonyl (C=O) groups is 1. The fraction of sp³-hybridized carbons (Fsp3) is 0.211. The first-order valence-corrected chi connectivity index (χ1v) is 9.64. The molecule has 0 fully saturated rings. The number of H-pyrrole nitrogens is 1. The number of fused-ring (bicyclic) bond motifs is 1. The molecule has 140 valence electrons. The monoisotopic (exact) mass is 387 g/mol. The zero-order valence-corrected chi connectivity index (χ0v) is 15.4. The third-order valence-corrected chi connectivity index (χ3v) is 5.22. The molecule has 0 spiro atoms. The third-order valence-electron chi connectivity index (χ3n) is 4.02. The highest BCUT2D eigenvalue weighted by atomic mass is 31.1. The van der Waals surface area contributed by atoms with Crippen LogP contribution in [-0.2, 0) is 26.9 Å². The number of benzene rings is 2. The Morgan fingerprint density at radius 3 is 2.67 bits per heavy atom. The second kappa shape index (κ2) is 9.28. The van der Waals surface area contributed by atoms with Crippen LogP contribution in [0.1, 0.15) is 11.1 Å². The van der Waals surface area contributed by atoms with Gasteiger partial charge in [0.1, 0.15) is 6.61 Å². The van der Waals surface area contributed by atoms with E-state index in [2.05, 4.69) is 10.3 Å². The molecule has 1 aromatic heterocycles. The van der Waals surface area contributed by atoms with Crippen molar-refractivity contribution < 1.29 is 23.7 Å².